The van der Waals surface area contributed by atoms with E-state index in [-0.39, 0.29) is 11.3 Å². The molecular weight excluding hydrogens is 465 g/mol. The molecule has 2 rings (SSSR count). The number of halogens is 2. The van der Waals surface area contributed by atoms with Crippen molar-refractivity contribution in [3.8, 4) is 5.75 Å². The van der Waals surface area contributed by atoms with E-state index < -0.39 is 18.5 Å². The van der Waals surface area contributed by atoms with Crippen LogP contribution >= 0.6 is 38.5 Å². The highest BCUT2D eigenvalue weighted by atomic mass is 127. The van der Waals surface area contributed by atoms with E-state index in [0.717, 1.165) is 8.04 Å². The largest absolute Gasteiger partial charge is 0.507 e. The summed E-state index contributed by atoms with van der Waals surface area (Å²) in [4.78, 5) is 23.6. The Labute approximate surface area is 148 Å². The highest BCUT2D eigenvalue weighted by Gasteiger charge is 2.15. The molecule has 0 aliphatic rings. The maximum atomic E-state index is 11.8. The summed E-state index contributed by atoms with van der Waals surface area (Å²) in [5.74, 6) is -1.39. The van der Waals surface area contributed by atoms with Gasteiger partial charge in [-0.2, -0.15) is 0 Å². The number of carbonyl (C=O) groups excluding carboxylic acids is 2. The fraction of sp³-hybridized carbons (Fsp3) is 0.0667. The van der Waals surface area contributed by atoms with Crippen LogP contribution in [0.3, 0.4) is 0 Å². The second-order valence-corrected chi connectivity index (χ2v) is 6.45. The Balaban J connectivity index is 1.91. The standard InChI is InChI=1S/C15H11BrINO4/c16-9-1-4-11(5-2-9)18-14(20)8-22-15(21)12-7-10(17)3-6-13(12)19/h1-7,19H,8H2,(H,18,20). The average molecular weight is 476 g/mol. The number of anilines is 1. The van der Waals surface area contributed by atoms with Crippen LogP contribution in [0.25, 0.3) is 0 Å². The first-order chi connectivity index (χ1) is 10.5. The fourth-order valence-electron chi connectivity index (χ4n) is 1.61. The van der Waals surface area contributed by atoms with Gasteiger partial charge in [-0.05, 0) is 65.1 Å². The molecule has 22 heavy (non-hydrogen) atoms. The Kier molecular flexibility index (Phi) is 5.78. The van der Waals surface area contributed by atoms with Crippen LogP contribution in [0.1, 0.15) is 10.4 Å². The summed E-state index contributed by atoms with van der Waals surface area (Å²) in [6, 6.07) is 11.6. The zero-order chi connectivity index (χ0) is 16.1. The molecule has 0 radical (unpaired) electrons. The van der Waals surface area contributed by atoms with Gasteiger partial charge in [0.15, 0.2) is 6.61 Å². The van der Waals surface area contributed by atoms with Crippen LogP contribution < -0.4 is 5.32 Å². The van der Waals surface area contributed by atoms with Gasteiger partial charge in [-0.3, -0.25) is 4.79 Å². The van der Waals surface area contributed by atoms with Crippen molar-refractivity contribution in [3.63, 3.8) is 0 Å². The minimum atomic E-state index is -0.748. The van der Waals surface area contributed by atoms with Crippen molar-refractivity contribution in [1.82, 2.24) is 0 Å². The summed E-state index contributed by atoms with van der Waals surface area (Å²) < 4.78 is 6.57. The number of carbonyl (C=O) groups is 2. The Bertz CT molecular complexity index is 703. The molecule has 1 amide bonds. The molecule has 0 aromatic heterocycles. The molecule has 0 saturated carbocycles. The van der Waals surface area contributed by atoms with Gasteiger partial charge in [0.25, 0.3) is 5.91 Å². The number of benzene rings is 2. The third-order valence-electron chi connectivity index (χ3n) is 2.64. The number of rotatable bonds is 4. The SMILES string of the molecule is O=C(COC(=O)c1cc(I)ccc1O)Nc1ccc(Br)cc1. The number of amides is 1. The number of hydrogen-bond acceptors (Lipinski definition) is 4. The Morgan fingerprint density at radius 3 is 2.55 bits per heavy atom. The van der Waals surface area contributed by atoms with Crippen LogP contribution in [0, 0.1) is 3.57 Å². The van der Waals surface area contributed by atoms with E-state index in [0.29, 0.717) is 5.69 Å². The lowest BCUT2D eigenvalue weighted by atomic mass is 10.2. The van der Waals surface area contributed by atoms with Crippen molar-refractivity contribution in [3.05, 3.63) is 56.1 Å². The highest BCUT2D eigenvalue weighted by molar-refractivity contribution is 14.1. The molecule has 7 heteroatoms. The summed E-state index contributed by atoms with van der Waals surface area (Å²) in [5.41, 5.74) is 0.629. The molecule has 0 spiro atoms. The topological polar surface area (TPSA) is 75.6 Å². The molecule has 0 bridgehead atoms. The molecule has 0 aliphatic heterocycles. The molecule has 2 aromatic carbocycles. The first kappa shape index (κ1) is 16.8. The van der Waals surface area contributed by atoms with Gasteiger partial charge in [0.1, 0.15) is 11.3 Å². The number of phenolic OH excluding ortho intramolecular Hbond substituents is 1. The molecule has 0 unspecified atom stereocenters. The van der Waals surface area contributed by atoms with Gasteiger partial charge in [-0.15, -0.1) is 0 Å². The molecule has 0 atom stereocenters. The smallest absolute Gasteiger partial charge is 0.342 e. The lowest BCUT2D eigenvalue weighted by Gasteiger charge is -2.08. The van der Waals surface area contributed by atoms with Crippen molar-refractivity contribution in [2.75, 3.05) is 11.9 Å². The summed E-state index contributed by atoms with van der Waals surface area (Å²) in [5, 5.41) is 12.2. The zero-order valence-electron chi connectivity index (χ0n) is 11.2. The highest BCUT2D eigenvalue weighted by Crippen LogP contribution is 2.20. The summed E-state index contributed by atoms with van der Waals surface area (Å²) >= 11 is 5.31. The number of esters is 1. The van der Waals surface area contributed by atoms with E-state index in [9.17, 15) is 14.7 Å². The van der Waals surface area contributed by atoms with Gasteiger partial charge in [-0.1, -0.05) is 15.9 Å². The molecule has 2 N–H and O–H groups in total. The van der Waals surface area contributed by atoms with Crippen LogP contribution in [-0.2, 0) is 9.53 Å². The maximum absolute atomic E-state index is 11.8. The van der Waals surface area contributed by atoms with Gasteiger partial charge >= 0.3 is 5.97 Å². The van der Waals surface area contributed by atoms with Gasteiger partial charge in [0.2, 0.25) is 0 Å². The predicted molar refractivity (Wildman–Crippen MR) is 93.9 cm³/mol. The third kappa shape index (κ3) is 4.70. The fourth-order valence-corrected chi connectivity index (χ4v) is 2.37. The lowest BCUT2D eigenvalue weighted by molar-refractivity contribution is -0.119. The zero-order valence-corrected chi connectivity index (χ0v) is 14.9. The van der Waals surface area contributed by atoms with E-state index in [1.54, 1.807) is 30.3 Å². The van der Waals surface area contributed by atoms with Gasteiger partial charge in [0.05, 0.1) is 0 Å². The van der Waals surface area contributed by atoms with Crippen LogP contribution in [0.4, 0.5) is 5.69 Å². The van der Waals surface area contributed by atoms with Crippen LogP contribution in [0.5, 0.6) is 5.75 Å². The molecular formula is C15H11BrINO4. The lowest BCUT2D eigenvalue weighted by Crippen LogP contribution is -2.21. The van der Waals surface area contributed by atoms with E-state index in [2.05, 4.69) is 21.2 Å². The monoisotopic (exact) mass is 475 g/mol. The third-order valence-corrected chi connectivity index (χ3v) is 3.84. The van der Waals surface area contributed by atoms with Crippen LogP contribution in [-0.4, -0.2) is 23.6 Å². The first-order valence-electron chi connectivity index (χ1n) is 6.17. The van der Waals surface area contributed by atoms with E-state index in [1.807, 2.05) is 22.6 Å². The molecule has 0 heterocycles. The average Bonchev–Trinajstić information content (AvgIpc) is 2.49. The molecule has 0 aliphatic carbocycles. The van der Waals surface area contributed by atoms with Crippen molar-refractivity contribution in [2.24, 2.45) is 0 Å². The second kappa shape index (κ2) is 7.59. The Morgan fingerprint density at radius 1 is 1.18 bits per heavy atom. The van der Waals surface area contributed by atoms with Gasteiger partial charge in [0, 0.05) is 13.7 Å². The number of nitrogens with one attached hydrogen (secondary N) is 1. The Hall–Kier alpha value is -1.61. The van der Waals surface area contributed by atoms with Crippen LogP contribution in [0.2, 0.25) is 0 Å². The van der Waals surface area contributed by atoms with Crippen LogP contribution in [0.15, 0.2) is 46.9 Å². The van der Waals surface area contributed by atoms with Crippen molar-refractivity contribution >= 4 is 56.1 Å². The molecule has 0 saturated heterocycles. The first-order valence-corrected chi connectivity index (χ1v) is 8.04. The Morgan fingerprint density at radius 2 is 1.86 bits per heavy atom. The number of ether oxygens (including phenoxy) is 1. The maximum Gasteiger partial charge on any atom is 0.342 e. The van der Waals surface area contributed by atoms with Gasteiger partial charge < -0.3 is 15.2 Å². The summed E-state index contributed by atoms with van der Waals surface area (Å²) in [6.07, 6.45) is 0. The van der Waals surface area contributed by atoms with Crippen molar-refractivity contribution < 1.29 is 19.4 Å². The summed E-state index contributed by atoms with van der Waals surface area (Å²) in [7, 11) is 0. The predicted octanol–water partition coefficient (Wildman–Crippen LogP) is 3.55. The van der Waals surface area contributed by atoms with E-state index in [1.165, 1.54) is 12.1 Å². The number of aromatic hydroxyl groups is 1. The number of phenols is 1. The summed E-state index contributed by atoms with van der Waals surface area (Å²) in [6.45, 7) is -0.431. The van der Waals surface area contributed by atoms with Crippen molar-refractivity contribution in [2.45, 2.75) is 0 Å². The minimum Gasteiger partial charge on any atom is -0.507 e. The normalized spacial score (nSPS) is 10.1. The molecule has 0 fully saturated rings. The minimum absolute atomic E-state index is 0.0309. The van der Waals surface area contributed by atoms with E-state index >= 15 is 0 Å². The van der Waals surface area contributed by atoms with Gasteiger partial charge in [-0.25, -0.2) is 4.79 Å². The molecule has 5 nitrogen and oxygen atoms in total. The number of hydrogen-bond donors (Lipinski definition) is 2. The molecule has 114 valence electrons. The second-order valence-electron chi connectivity index (χ2n) is 4.29. The van der Waals surface area contributed by atoms with E-state index in [4.69, 9.17) is 4.74 Å². The molecule has 2 aromatic rings. The van der Waals surface area contributed by atoms with Crippen molar-refractivity contribution in [1.29, 1.82) is 0 Å². The quantitative estimate of drug-likeness (QED) is 0.523.